The van der Waals surface area contributed by atoms with Gasteiger partial charge in [-0.25, -0.2) is 0 Å². The molecule has 0 spiro atoms. The second-order valence-corrected chi connectivity index (χ2v) is 7.02. The molecule has 0 bridgehead atoms. The van der Waals surface area contributed by atoms with E-state index in [0.29, 0.717) is 5.92 Å². The Morgan fingerprint density at radius 2 is 2.05 bits per heavy atom. The molecule has 0 aromatic heterocycles. The van der Waals surface area contributed by atoms with Gasteiger partial charge in [0.25, 0.3) is 0 Å². The Balaban J connectivity index is 2.01. The summed E-state index contributed by atoms with van der Waals surface area (Å²) in [5.74, 6) is 1.39. The van der Waals surface area contributed by atoms with Crippen molar-refractivity contribution >= 4 is 12.6 Å². The van der Waals surface area contributed by atoms with Crippen molar-refractivity contribution in [1.82, 2.24) is 0 Å². The second kappa shape index (κ2) is 6.32. The summed E-state index contributed by atoms with van der Waals surface area (Å²) in [5, 5.41) is 0. The predicted molar refractivity (Wildman–Crippen MR) is 84.9 cm³/mol. The van der Waals surface area contributed by atoms with Crippen LogP contribution < -0.4 is 0 Å². The fourth-order valence-corrected chi connectivity index (χ4v) is 3.34. The van der Waals surface area contributed by atoms with E-state index in [1.165, 1.54) is 24.0 Å². The third-order valence-corrected chi connectivity index (χ3v) is 4.70. The summed E-state index contributed by atoms with van der Waals surface area (Å²) in [6.07, 6.45) is 3.88. The van der Waals surface area contributed by atoms with Gasteiger partial charge in [0, 0.05) is 0 Å². The molecule has 106 valence electrons. The zero-order valence-electron chi connectivity index (χ0n) is 12.4. The number of thiol groups is 1. The van der Waals surface area contributed by atoms with Gasteiger partial charge in [-0.05, 0) is 47.5 Å². The van der Waals surface area contributed by atoms with Crippen LogP contribution in [0.1, 0.15) is 50.8 Å². The quantitative estimate of drug-likeness (QED) is 0.787. The number of fused-ring (bicyclic) bond motifs is 1. The minimum absolute atomic E-state index is 0.260. The molecule has 0 saturated carbocycles. The van der Waals surface area contributed by atoms with Gasteiger partial charge in [0.2, 0.25) is 0 Å². The van der Waals surface area contributed by atoms with Gasteiger partial charge in [-0.1, -0.05) is 45.0 Å². The van der Waals surface area contributed by atoms with Crippen molar-refractivity contribution < 1.29 is 4.74 Å². The van der Waals surface area contributed by atoms with Crippen molar-refractivity contribution in [2.24, 2.45) is 11.3 Å². The highest BCUT2D eigenvalue weighted by Crippen LogP contribution is 2.34. The SMILES string of the molecule is CC(C)(C)C(CS)COC1CCCc2ccccc21. The van der Waals surface area contributed by atoms with Gasteiger partial charge in [0.15, 0.2) is 0 Å². The smallest absolute Gasteiger partial charge is 0.0827 e. The van der Waals surface area contributed by atoms with E-state index >= 15 is 0 Å². The number of aryl methyl sites for hydroxylation is 1. The van der Waals surface area contributed by atoms with E-state index in [9.17, 15) is 0 Å². The topological polar surface area (TPSA) is 9.23 Å². The van der Waals surface area contributed by atoms with Crippen LogP contribution in [0.15, 0.2) is 24.3 Å². The molecule has 1 aromatic carbocycles. The Morgan fingerprint density at radius 3 is 2.74 bits per heavy atom. The summed E-state index contributed by atoms with van der Waals surface area (Å²) in [4.78, 5) is 0. The maximum absolute atomic E-state index is 6.24. The third-order valence-electron chi connectivity index (χ3n) is 4.26. The summed E-state index contributed by atoms with van der Waals surface area (Å²) in [6.45, 7) is 7.62. The summed E-state index contributed by atoms with van der Waals surface area (Å²) in [7, 11) is 0. The van der Waals surface area contributed by atoms with Gasteiger partial charge in [0.1, 0.15) is 0 Å². The van der Waals surface area contributed by atoms with Crippen LogP contribution in [0.4, 0.5) is 0 Å². The van der Waals surface area contributed by atoms with Crippen LogP contribution in [0.2, 0.25) is 0 Å². The molecule has 1 nitrogen and oxygen atoms in total. The lowest BCUT2D eigenvalue weighted by Gasteiger charge is -2.32. The molecule has 1 aromatic rings. The maximum atomic E-state index is 6.24. The lowest BCUT2D eigenvalue weighted by molar-refractivity contribution is -0.000463. The highest BCUT2D eigenvalue weighted by molar-refractivity contribution is 7.80. The van der Waals surface area contributed by atoms with Crippen molar-refractivity contribution in [3.8, 4) is 0 Å². The molecule has 0 radical (unpaired) electrons. The van der Waals surface area contributed by atoms with E-state index in [0.717, 1.165) is 18.8 Å². The molecule has 2 unspecified atom stereocenters. The van der Waals surface area contributed by atoms with E-state index in [4.69, 9.17) is 4.74 Å². The minimum Gasteiger partial charge on any atom is -0.373 e. The molecule has 0 amide bonds. The first-order valence-corrected chi connectivity index (χ1v) is 7.96. The van der Waals surface area contributed by atoms with E-state index in [-0.39, 0.29) is 11.5 Å². The molecule has 0 aliphatic heterocycles. The molecule has 0 saturated heterocycles. The summed E-state index contributed by atoms with van der Waals surface area (Å²) >= 11 is 4.48. The number of rotatable bonds is 4. The predicted octanol–water partition coefficient (Wildman–Crippen LogP) is 4.67. The first-order valence-electron chi connectivity index (χ1n) is 7.32. The first kappa shape index (κ1) is 14.9. The molecule has 2 heteroatoms. The first-order chi connectivity index (χ1) is 9.02. The van der Waals surface area contributed by atoms with Crippen LogP contribution in [-0.4, -0.2) is 12.4 Å². The summed E-state index contributed by atoms with van der Waals surface area (Å²) in [6, 6.07) is 8.73. The summed E-state index contributed by atoms with van der Waals surface area (Å²) < 4.78 is 6.24. The van der Waals surface area contributed by atoms with Crippen LogP contribution in [0.25, 0.3) is 0 Å². The van der Waals surface area contributed by atoms with Crippen molar-refractivity contribution in [1.29, 1.82) is 0 Å². The Labute approximate surface area is 123 Å². The van der Waals surface area contributed by atoms with E-state index in [1.54, 1.807) is 0 Å². The van der Waals surface area contributed by atoms with Crippen LogP contribution in [0.3, 0.4) is 0 Å². The van der Waals surface area contributed by atoms with Gasteiger partial charge >= 0.3 is 0 Å². The lowest BCUT2D eigenvalue weighted by Crippen LogP contribution is -2.28. The fourth-order valence-electron chi connectivity index (χ4n) is 2.69. The largest absolute Gasteiger partial charge is 0.373 e. The van der Waals surface area contributed by atoms with Gasteiger partial charge in [0.05, 0.1) is 12.7 Å². The second-order valence-electron chi connectivity index (χ2n) is 6.66. The van der Waals surface area contributed by atoms with Crippen LogP contribution >= 0.6 is 12.6 Å². The molecular formula is C17H26OS. The number of hydrogen-bond donors (Lipinski definition) is 1. The van der Waals surface area contributed by atoms with Crippen molar-refractivity contribution in [2.75, 3.05) is 12.4 Å². The fraction of sp³-hybridized carbons (Fsp3) is 0.647. The van der Waals surface area contributed by atoms with Crippen LogP contribution in [-0.2, 0) is 11.2 Å². The highest BCUT2D eigenvalue weighted by atomic mass is 32.1. The molecule has 1 aliphatic carbocycles. The minimum atomic E-state index is 0.260. The monoisotopic (exact) mass is 278 g/mol. The highest BCUT2D eigenvalue weighted by Gasteiger charge is 2.26. The summed E-state index contributed by atoms with van der Waals surface area (Å²) in [5.41, 5.74) is 3.13. The molecular weight excluding hydrogens is 252 g/mol. The van der Waals surface area contributed by atoms with Crippen LogP contribution in [0.5, 0.6) is 0 Å². The average molecular weight is 278 g/mol. The van der Waals surface area contributed by atoms with Gasteiger partial charge in [-0.15, -0.1) is 0 Å². The molecule has 1 aliphatic rings. The van der Waals surface area contributed by atoms with Gasteiger partial charge in [-0.3, -0.25) is 0 Å². The van der Waals surface area contributed by atoms with Crippen LogP contribution in [0, 0.1) is 11.3 Å². The molecule has 2 atom stereocenters. The third kappa shape index (κ3) is 3.76. The number of ether oxygens (including phenoxy) is 1. The molecule has 19 heavy (non-hydrogen) atoms. The Morgan fingerprint density at radius 1 is 1.32 bits per heavy atom. The maximum Gasteiger partial charge on any atom is 0.0827 e. The van der Waals surface area contributed by atoms with E-state index in [2.05, 4.69) is 57.7 Å². The van der Waals surface area contributed by atoms with Gasteiger partial charge < -0.3 is 4.74 Å². The van der Waals surface area contributed by atoms with Crippen molar-refractivity contribution in [2.45, 2.75) is 46.1 Å². The Hall–Kier alpha value is -0.470. The average Bonchev–Trinajstić information content (AvgIpc) is 2.38. The molecule has 2 rings (SSSR count). The van der Waals surface area contributed by atoms with E-state index in [1.807, 2.05) is 0 Å². The zero-order valence-corrected chi connectivity index (χ0v) is 13.2. The zero-order chi connectivity index (χ0) is 13.9. The Bertz CT molecular complexity index is 408. The van der Waals surface area contributed by atoms with Crippen molar-refractivity contribution in [3.63, 3.8) is 0 Å². The molecule has 0 heterocycles. The Kier molecular flexibility index (Phi) is 4.97. The lowest BCUT2D eigenvalue weighted by atomic mass is 9.82. The van der Waals surface area contributed by atoms with Crippen molar-refractivity contribution in [3.05, 3.63) is 35.4 Å². The normalized spacial score (nSPS) is 20.9. The van der Waals surface area contributed by atoms with E-state index < -0.39 is 0 Å². The molecule has 0 fully saturated rings. The number of benzene rings is 1. The molecule has 0 N–H and O–H groups in total. The van der Waals surface area contributed by atoms with Gasteiger partial charge in [-0.2, -0.15) is 12.6 Å². The number of hydrogen-bond acceptors (Lipinski definition) is 2. The standard InChI is InChI=1S/C17H26OS/c1-17(2,3)14(12-19)11-18-16-10-6-8-13-7-4-5-9-15(13)16/h4-5,7,9,14,16,19H,6,8,10-12H2,1-3H3.